The van der Waals surface area contributed by atoms with Crippen LogP contribution in [0.25, 0.3) is 10.6 Å². The molecular weight excluding hydrogens is 388 g/mol. The molecule has 2 N–H and O–H groups in total. The van der Waals surface area contributed by atoms with Crippen molar-refractivity contribution in [2.24, 2.45) is 5.92 Å². The van der Waals surface area contributed by atoms with Crippen LogP contribution in [0, 0.1) is 5.92 Å². The van der Waals surface area contributed by atoms with Crippen molar-refractivity contribution in [3.8, 4) is 16.3 Å². The van der Waals surface area contributed by atoms with E-state index in [2.05, 4.69) is 27.8 Å². The predicted octanol–water partition coefficient (Wildman–Crippen LogP) is 4.26. The van der Waals surface area contributed by atoms with Crippen LogP contribution in [0.1, 0.15) is 52.9 Å². The molecule has 0 fully saturated rings. The monoisotopic (exact) mass is 418 g/mol. The molecule has 29 heavy (non-hydrogen) atoms. The van der Waals surface area contributed by atoms with Crippen LogP contribution in [0.5, 0.6) is 5.75 Å². The fourth-order valence-corrected chi connectivity index (χ4v) is 3.54. The molecule has 0 aliphatic carbocycles. The Morgan fingerprint density at radius 3 is 2.48 bits per heavy atom. The molecule has 0 radical (unpaired) electrons. The van der Waals surface area contributed by atoms with Gasteiger partial charge in [-0.1, -0.05) is 51.4 Å². The number of methoxy groups -OCH3 is 1. The van der Waals surface area contributed by atoms with Gasteiger partial charge in [0, 0.05) is 12.0 Å². The highest BCUT2D eigenvalue weighted by molar-refractivity contribution is 7.18. The fourth-order valence-electron chi connectivity index (χ4n) is 2.79. The Bertz CT molecular complexity index is 791. The van der Waals surface area contributed by atoms with Crippen molar-refractivity contribution in [1.82, 2.24) is 15.5 Å². The average molecular weight is 419 g/mol. The maximum atomic E-state index is 12.8. The van der Waals surface area contributed by atoms with E-state index in [1.807, 2.05) is 38.1 Å². The molecule has 1 aromatic heterocycles. The van der Waals surface area contributed by atoms with Gasteiger partial charge >= 0.3 is 0 Å². The van der Waals surface area contributed by atoms with E-state index < -0.39 is 6.04 Å². The molecule has 0 aliphatic rings. The molecule has 1 aromatic carbocycles. The summed E-state index contributed by atoms with van der Waals surface area (Å²) in [5.41, 5.74) is 0.895. The SMILES string of the molecule is CCCCCC(=O)N[C@H](C(=O)Nc1nnc(-c2ccc(OC)cc2)s1)[C@H](C)CC. The summed E-state index contributed by atoms with van der Waals surface area (Å²) in [5.74, 6) is 0.424. The third kappa shape index (κ3) is 6.81. The van der Waals surface area contributed by atoms with Crippen LogP contribution < -0.4 is 15.4 Å². The van der Waals surface area contributed by atoms with E-state index >= 15 is 0 Å². The molecule has 2 aromatic rings. The summed E-state index contributed by atoms with van der Waals surface area (Å²) in [6, 6.07) is 6.89. The van der Waals surface area contributed by atoms with Gasteiger partial charge in [0.25, 0.3) is 0 Å². The van der Waals surface area contributed by atoms with Crippen molar-refractivity contribution in [3.63, 3.8) is 0 Å². The van der Waals surface area contributed by atoms with Crippen molar-refractivity contribution in [1.29, 1.82) is 0 Å². The number of rotatable bonds is 11. The van der Waals surface area contributed by atoms with Gasteiger partial charge in [0.15, 0.2) is 0 Å². The molecule has 0 aliphatic heterocycles. The summed E-state index contributed by atoms with van der Waals surface area (Å²) in [6.07, 6.45) is 4.11. The number of benzene rings is 1. The number of amides is 2. The van der Waals surface area contributed by atoms with E-state index in [4.69, 9.17) is 4.74 Å². The van der Waals surface area contributed by atoms with Crippen molar-refractivity contribution in [2.75, 3.05) is 12.4 Å². The van der Waals surface area contributed by atoms with E-state index in [1.165, 1.54) is 11.3 Å². The standard InChI is InChI=1S/C21H30N4O3S/c1-5-7-8-9-17(26)22-18(14(3)6-2)19(27)23-21-25-24-20(29-21)15-10-12-16(28-4)13-11-15/h10-14,18H,5-9H2,1-4H3,(H,22,26)(H,23,25,27)/t14-,18+/m1/s1. The summed E-state index contributed by atoms with van der Waals surface area (Å²) in [5, 5.41) is 15.0. The maximum Gasteiger partial charge on any atom is 0.249 e. The lowest BCUT2D eigenvalue weighted by Gasteiger charge is -2.23. The number of nitrogens with zero attached hydrogens (tertiary/aromatic N) is 2. The first-order chi connectivity index (χ1) is 14.0. The summed E-state index contributed by atoms with van der Waals surface area (Å²) >= 11 is 1.29. The van der Waals surface area contributed by atoms with Crippen molar-refractivity contribution >= 4 is 28.3 Å². The summed E-state index contributed by atoms with van der Waals surface area (Å²) in [7, 11) is 1.61. The molecule has 2 amide bonds. The number of hydrogen-bond acceptors (Lipinski definition) is 6. The van der Waals surface area contributed by atoms with Gasteiger partial charge in [0.05, 0.1) is 7.11 Å². The van der Waals surface area contributed by atoms with Crippen molar-refractivity contribution < 1.29 is 14.3 Å². The molecule has 8 heteroatoms. The minimum Gasteiger partial charge on any atom is -0.497 e. The number of carbonyl (C=O) groups is 2. The zero-order valence-corrected chi connectivity index (χ0v) is 18.3. The number of ether oxygens (including phenoxy) is 1. The van der Waals surface area contributed by atoms with Gasteiger partial charge in [-0.2, -0.15) is 0 Å². The molecular formula is C21H30N4O3S. The van der Waals surface area contributed by atoms with Gasteiger partial charge in [0.1, 0.15) is 16.8 Å². The van der Waals surface area contributed by atoms with Crippen LogP contribution in [0.2, 0.25) is 0 Å². The Morgan fingerprint density at radius 2 is 1.86 bits per heavy atom. The van der Waals surface area contributed by atoms with E-state index in [-0.39, 0.29) is 17.7 Å². The molecule has 0 bridgehead atoms. The highest BCUT2D eigenvalue weighted by Gasteiger charge is 2.26. The highest BCUT2D eigenvalue weighted by atomic mass is 32.1. The first kappa shape index (κ1) is 22.8. The predicted molar refractivity (Wildman–Crippen MR) is 116 cm³/mol. The zero-order valence-electron chi connectivity index (χ0n) is 17.5. The number of unbranched alkanes of at least 4 members (excludes halogenated alkanes) is 2. The Morgan fingerprint density at radius 1 is 1.14 bits per heavy atom. The van der Waals surface area contributed by atoms with E-state index in [0.29, 0.717) is 16.6 Å². The number of anilines is 1. The number of hydrogen-bond donors (Lipinski definition) is 2. The second kappa shape index (κ2) is 11.5. The van der Waals surface area contributed by atoms with Gasteiger partial charge in [-0.25, -0.2) is 0 Å². The van der Waals surface area contributed by atoms with Crippen molar-refractivity contribution in [3.05, 3.63) is 24.3 Å². The van der Waals surface area contributed by atoms with Gasteiger partial charge < -0.3 is 10.1 Å². The molecule has 2 rings (SSSR count). The minimum atomic E-state index is -0.595. The number of aromatic nitrogens is 2. The first-order valence-electron chi connectivity index (χ1n) is 10.1. The number of nitrogens with one attached hydrogen (secondary N) is 2. The topological polar surface area (TPSA) is 93.2 Å². The third-order valence-corrected chi connectivity index (χ3v) is 5.70. The molecule has 0 saturated heterocycles. The molecule has 7 nitrogen and oxygen atoms in total. The lowest BCUT2D eigenvalue weighted by Crippen LogP contribution is -2.47. The van der Waals surface area contributed by atoms with Gasteiger partial charge in [-0.3, -0.25) is 14.9 Å². The van der Waals surface area contributed by atoms with E-state index in [1.54, 1.807) is 7.11 Å². The van der Waals surface area contributed by atoms with Gasteiger partial charge in [-0.15, -0.1) is 10.2 Å². The summed E-state index contributed by atoms with van der Waals surface area (Å²) < 4.78 is 5.16. The Labute approximate surface area is 176 Å². The zero-order chi connectivity index (χ0) is 21.2. The average Bonchev–Trinajstić information content (AvgIpc) is 3.20. The quantitative estimate of drug-likeness (QED) is 0.532. The summed E-state index contributed by atoms with van der Waals surface area (Å²) in [4.78, 5) is 25.0. The smallest absolute Gasteiger partial charge is 0.249 e. The first-order valence-corrected chi connectivity index (χ1v) is 10.9. The van der Waals surface area contributed by atoms with Crippen LogP contribution in [-0.2, 0) is 9.59 Å². The van der Waals surface area contributed by atoms with E-state index in [9.17, 15) is 9.59 Å². The minimum absolute atomic E-state index is 0.0131. The second-order valence-electron chi connectivity index (χ2n) is 7.02. The van der Waals surface area contributed by atoms with Crippen LogP contribution in [-0.4, -0.2) is 35.2 Å². The largest absolute Gasteiger partial charge is 0.497 e. The van der Waals surface area contributed by atoms with Crippen LogP contribution in [0.15, 0.2) is 24.3 Å². The molecule has 158 valence electrons. The Hall–Kier alpha value is -2.48. The Balaban J connectivity index is 2.02. The van der Waals surface area contributed by atoms with Gasteiger partial charge in [0.2, 0.25) is 16.9 Å². The van der Waals surface area contributed by atoms with Crippen LogP contribution in [0.3, 0.4) is 0 Å². The van der Waals surface area contributed by atoms with Crippen LogP contribution >= 0.6 is 11.3 Å². The molecule has 1 heterocycles. The normalized spacial score (nSPS) is 12.8. The lowest BCUT2D eigenvalue weighted by molar-refractivity contribution is -0.127. The summed E-state index contributed by atoms with van der Waals surface area (Å²) in [6.45, 7) is 6.05. The fraction of sp³-hybridized carbons (Fsp3) is 0.524. The van der Waals surface area contributed by atoms with Crippen molar-refractivity contribution in [2.45, 2.75) is 58.9 Å². The molecule has 2 atom stereocenters. The van der Waals surface area contributed by atoms with Crippen LogP contribution in [0.4, 0.5) is 5.13 Å². The maximum absolute atomic E-state index is 12.8. The molecule has 0 saturated carbocycles. The second-order valence-corrected chi connectivity index (χ2v) is 8.00. The molecule has 0 unspecified atom stereocenters. The lowest BCUT2D eigenvalue weighted by atomic mass is 9.98. The number of carbonyl (C=O) groups excluding carboxylic acids is 2. The third-order valence-electron chi connectivity index (χ3n) is 4.81. The van der Waals surface area contributed by atoms with Gasteiger partial charge in [-0.05, 0) is 36.6 Å². The Kier molecular flexibility index (Phi) is 9.05. The molecule has 0 spiro atoms. The highest BCUT2D eigenvalue weighted by Crippen LogP contribution is 2.28. The van der Waals surface area contributed by atoms with E-state index in [0.717, 1.165) is 37.0 Å².